The van der Waals surface area contributed by atoms with Gasteiger partial charge in [-0.3, -0.25) is 4.90 Å². The van der Waals surface area contributed by atoms with Crippen LogP contribution in [0.15, 0.2) is 30.3 Å². The fourth-order valence-electron chi connectivity index (χ4n) is 4.10. The number of likely N-dealkylation sites (tertiary alicyclic amines) is 1. The number of nitrogens with zero attached hydrogens (tertiary/aromatic N) is 2. The molecule has 0 N–H and O–H groups in total. The molecule has 0 aliphatic carbocycles. The van der Waals surface area contributed by atoms with Crippen molar-refractivity contribution in [2.24, 2.45) is 0 Å². The summed E-state index contributed by atoms with van der Waals surface area (Å²) in [6, 6.07) is 10.8. The van der Waals surface area contributed by atoms with Gasteiger partial charge in [-0.15, -0.1) is 0 Å². The lowest BCUT2D eigenvalue weighted by atomic mass is 9.99. The minimum Gasteiger partial charge on any atom is -0.444 e. The predicted molar refractivity (Wildman–Crippen MR) is 96.2 cm³/mol. The molecule has 2 heterocycles. The van der Waals surface area contributed by atoms with Crippen LogP contribution in [0, 0.1) is 0 Å². The van der Waals surface area contributed by atoms with Crippen LogP contribution < -0.4 is 0 Å². The lowest BCUT2D eigenvalue weighted by molar-refractivity contribution is -0.110. The second kappa shape index (κ2) is 7.16. The van der Waals surface area contributed by atoms with E-state index in [1.165, 1.54) is 5.56 Å². The van der Waals surface area contributed by atoms with Crippen molar-refractivity contribution in [2.45, 2.75) is 70.3 Å². The summed E-state index contributed by atoms with van der Waals surface area (Å²) in [6.07, 6.45) is 3.08. The number of rotatable bonds is 4. The summed E-state index contributed by atoms with van der Waals surface area (Å²) in [5.74, 6) is 0. The third-order valence-electron chi connectivity index (χ3n) is 5.12. The standard InChI is InChI=1S/C20H28N2O3/c1-20(2,3)25-19(24)22-14-16-9-10-17(18(22)11-12-23)21(16)13-15-7-5-4-6-8-15/h4-8,12,16-18H,9-11,13-14H2,1-3H3/t16-,17+,18+/m0/s1. The van der Waals surface area contributed by atoms with Gasteiger partial charge < -0.3 is 14.4 Å². The van der Waals surface area contributed by atoms with Gasteiger partial charge in [0.05, 0.1) is 6.04 Å². The zero-order valence-corrected chi connectivity index (χ0v) is 15.4. The SMILES string of the molecule is CC(C)(C)OC(=O)N1C[C@@H]2CC[C@H]([C@H]1CC=O)N2Cc1ccccc1. The van der Waals surface area contributed by atoms with Crippen molar-refractivity contribution in [1.82, 2.24) is 9.80 Å². The Morgan fingerprint density at radius 3 is 2.60 bits per heavy atom. The summed E-state index contributed by atoms with van der Waals surface area (Å²) in [5.41, 5.74) is 0.748. The molecule has 2 aliphatic rings. The molecule has 25 heavy (non-hydrogen) atoms. The van der Waals surface area contributed by atoms with E-state index >= 15 is 0 Å². The van der Waals surface area contributed by atoms with E-state index < -0.39 is 5.60 Å². The molecule has 1 aromatic rings. The molecule has 0 aromatic heterocycles. The second-order valence-corrected chi connectivity index (χ2v) is 8.06. The number of carbonyl (C=O) groups excluding carboxylic acids is 2. The summed E-state index contributed by atoms with van der Waals surface area (Å²) in [6.45, 7) is 7.13. The van der Waals surface area contributed by atoms with Crippen LogP contribution >= 0.6 is 0 Å². The maximum atomic E-state index is 12.7. The number of fused-ring (bicyclic) bond motifs is 2. The van der Waals surface area contributed by atoms with Gasteiger partial charge in [0.25, 0.3) is 0 Å². The zero-order chi connectivity index (χ0) is 18.0. The Labute approximate surface area is 149 Å². The number of aldehydes is 1. The Kier molecular flexibility index (Phi) is 5.13. The van der Waals surface area contributed by atoms with Crippen LogP contribution in [0.2, 0.25) is 0 Å². The Morgan fingerprint density at radius 2 is 1.96 bits per heavy atom. The molecule has 1 aromatic carbocycles. The third-order valence-corrected chi connectivity index (χ3v) is 5.12. The van der Waals surface area contributed by atoms with Crippen LogP contribution in [0.3, 0.4) is 0 Å². The number of carbonyl (C=O) groups is 2. The maximum absolute atomic E-state index is 12.7. The fraction of sp³-hybridized carbons (Fsp3) is 0.600. The summed E-state index contributed by atoms with van der Waals surface area (Å²) >= 11 is 0. The van der Waals surface area contributed by atoms with Gasteiger partial charge in [0.15, 0.2) is 0 Å². The van der Waals surface area contributed by atoms with Gasteiger partial charge in [0.1, 0.15) is 11.9 Å². The Balaban J connectivity index is 1.78. The highest BCUT2D eigenvalue weighted by Crippen LogP contribution is 2.37. The molecule has 2 aliphatic heterocycles. The van der Waals surface area contributed by atoms with Gasteiger partial charge in [-0.2, -0.15) is 0 Å². The minimum absolute atomic E-state index is 0.102. The van der Waals surface area contributed by atoms with Crippen LogP contribution in [0.25, 0.3) is 0 Å². The van der Waals surface area contributed by atoms with Crippen molar-refractivity contribution in [3.63, 3.8) is 0 Å². The Bertz CT molecular complexity index is 611. The number of amides is 1. The summed E-state index contributed by atoms with van der Waals surface area (Å²) in [7, 11) is 0. The molecule has 2 fully saturated rings. The van der Waals surface area contributed by atoms with E-state index in [0.717, 1.165) is 25.7 Å². The fourth-order valence-corrected chi connectivity index (χ4v) is 4.10. The number of hydrogen-bond acceptors (Lipinski definition) is 4. The van der Waals surface area contributed by atoms with Crippen molar-refractivity contribution in [2.75, 3.05) is 6.54 Å². The van der Waals surface area contributed by atoms with Crippen molar-refractivity contribution < 1.29 is 14.3 Å². The van der Waals surface area contributed by atoms with Crippen molar-refractivity contribution in [3.8, 4) is 0 Å². The summed E-state index contributed by atoms with van der Waals surface area (Å²) in [4.78, 5) is 28.2. The minimum atomic E-state index is -0.525. The second-order valence-electron chi connectivity index (χ2n) is 8.06. The molecule has 2 saturated heterocycles. The highest BCUT2D eigenvalue weighted by atomic mass is 16.6. The first-order chi connectivity index (χ1) is 11.9. The average molecular weight is 344 g/mol. The number of hydrogen-bond donors (Lipinski definition) is 0. The van der Waals surface area contributed by atoms with Gasteiger partial charge in [0.2, 0.25) is 0 Å². The van der Waals surface area contributed by atoms with Crippen LogP contribution in [0.1, 0.15) is 45.6 Å². The number of piperazine rings is 1. The van der Waals surface area contributed by atoms with Crippen molar-refractivity contribution >= 4 is 12.4 Å². The van der Waals surface area contributed by atoms with Crippen LogP contribution in [0.4, 0.5) is 4.79 Å². The Morgan fingerprint density at radius 1 is 1.24 bits per heavy atom. The molecule has 0 saturated carbocycles. The van der Waals surface area contributed by atoms with Gasteiger partial charge in [-0.1, -0.05) is 30.3 Å². The van der Waals surface area contributed by atoms with E-state index in [1.807, 2.05) is 26.8 Å². The molecule has 2 bridgehead atoms. The van der Waals surface area contributed by atoms with E-state index in [9.17, 15) is 9.59 Å². The van der Waals surface area contributed by atoms with Crippen LogP contribution in [-0.4, -0.2) is 52.5 Å². The van der Waals surface area contributed by atoms with E-state index in [2.05, 4.69) is 29.2 Å². The predicted octanol–water partition coefficient (Wildman–Crippen LogP) is 3.23. The summed E-state index contributed by atoms with van der Waals surface area (Å²) in [5, 5.41) is 0. The largest absolute Gasteiger partial charge is 0.444 e. The number of benzene rings is 1. The van der Waals surface area contributed by atoms with Crippen molar-refractivity contribution in [1.29, 1.82) is 0 Å². The van der Waals surface area contributed by atoms with Gasteiger partial charge in [-0.25, -0.2) is 4.79 Å². The highest BCUT2D eigenvalue weighted by molar-refractivity contribution is 5.70. The zero-order valence-electron chi connectivity index (χ0n) is 15.4. The average Bonchev–Trinajstić information content (AvgIpc) is 2.82. The van der Waals surface area contributed by atoms with E-state index in [1.54, 1.807) is 4.90 Å². The van der Waals surface area contributed by atoms with Crippen LogP contribution in [-0.2, 0) is 16.1 Å². The molecular formula is C20H28N2O3. The summed E-state index contributed by atoms with van der Waals surface area (Å²) < 4.78 is 5.58. The van der Waals surface area contributed by atoms with Crippen LogP contribution in [0.5, 0.6) is 0 Å². The Hall–Kier alpha value is -1.88. The van der Waals surface area contributed by atoms with E-state index in [-0.39, 0.29) is 18.2 Å². The monoisotopic (exact) mass is 344 g/mol. The molecule has 136 valence electrons. The number of ether oxygens (including phenoxy) is 1. The van der Waals surface area contributed by atoms with Gasteiger partial charge in [-0.05, 0) is 39.2 Å². The van der Waals surface area contributed by atoms with E-state index in [0.29, 0.717) is 19.0 Å². The lowest BCUT2D eigenvalue weighted by Gasteiger charge is -2.46. The molecule has 0 unspecified atom stereocenters. The highest BCUT2D eigenvalue weighted by Gasteiger charge is 2.48. The first-order valence-electron chi connectivity index (χ1n) is 9.12. The molecule has 3 rings (SSSR count). The quantitative estimate of drug-likeness (QED) is 0.787. The topological polar surface area (TPSA) is 49.9 Å². The van der Waals surface area contributed by atoms with E-state index in [4.69, 9.17) is 4.74 Å². The third kappa shape index (κ3) is 4.03. The molecule has 3 atom stereocenters. The molecule has 5 nitrogen and oxygen atoms in total. The van der Waals surface area contributed by atoms with Crippen molar-refractivity contribution in [3.05, 3.63) is 35.9 Å². The molecule has 5 heteroatoms. The van der Waals surface area contributed by atoms with Gasteiger partial charge >= 0.3 is 6.09 Å². The normalized spacial score (nSPS) is 26.5. The first-order valence-corrected chi connectivity index (χ1v) is 9.12. The molecule has 0 radical (unpaired) electrons. The lowest BCUT2D eigenvalue weighted by Crippen LogP contribution is -2.61. The maximum Gasteiger partial charge on any atom is 0.410 e. The molecule has 0 spiro atoms. The first kappa shape index (κ1) is 17.9. The van der Waals surface area contributed by atoms with Gasteiger partial charge in [0, 0.05) is 31.6 Å². The molecule has 1 amide bonds. The molecular weight excluding hydrogens is 316 g/mol. The smallest absolute Gasteiger partial charge is 0.410 e.